The van der Waals surface area contributed by atoms with Crippen LogP contribution in [0, 0.1) is 0 Å². The molecule has 0 amide bonds. The Labute approximate surface area is 170 Å². The molecule has 1 atom stereocenters. The molecule has 3 heteroatoms. The van der Waals surface area contributed by atoms with Gasteiger partial charge in [-0.05, 0) is 53.9 Å². The summed E-state index contributed by atoms with van der Waals surface area (Å²) < 4.78 is 0. The summed E-state index contributed by atoms with van der Waals surface area (Å²) in [5.41, 5.74) is 6.24. The van der Waals surface area contributed by atoms with Crippen LogP contribution in [0.15, 0.2) is 84.9 Å². The van der Waals surface area contributed by atoms with E-state index in [1.807, 2.05) is 18.2 Å². The van der Waals surface area contributed by atoms with Gasteiger partial charge in [-0.25, -0.2) is 0 Å². The smallest absolute Gasteiger partial charge is 0.0706 e. The molecular formula is C25H21ClN2. The molecule has 0 aliphatic carbocycles. The highest BCUT2D eigenvalue weighted by atomic mass is 35.5. The number of fused-ring (bicyclic) bond motifs is 2. The number of para-hydroxylation sites is 1. The Hall–Kier alpha value is -2.84. The molecule has 0 spiro atoms. The van der Waals surface area contributed by atoms with Crippen molar-refractivity contribution in [3.63, 3.8) is 0 Å². The highest BCUT2D eigenvalue weighted by Gasteiger charge is 2.27. The third kappa shape index (κ3) is 3.25. The van der Waals surface area contributed by atoms with E-state index in [1.54, 1.807) is 0 Å². The molecule has 1 aliphatic heterocycles. The first kappa shape index (κ1) is 17.3. The molecular weight excluding hydrogens is 364 g/mol. The predicted octanol–water partition coefficient (Wildman–Crippen LogP) is 6.23. The molecule has 2 heterocycles. The fourth-order valence-corrected chi connectivity index (χ4v) is 4.43. The summed E-state index contributed by atoms with van der Waals surface area (Å²) in [6.45, 7) is 1.02. The monoisotopic (exact) mass is 384 g/mol. The number of benzene rings is 3. The van der Waals surface area contributed by atoms with E-state index in [2.05, 4.69) is 71.6 Å². The predicted molar refractivity (Wildman–Crippen MR) is 117 cm³/mol. The van der Waals surface area contributed by atoms with Crippen molar-refractivity contribution in [3.8, 4) is 0 Å². The van der Waals surface area contributed by atoms with Gasteiger partial charge in [0.2, 0.25) is 0 Å². The van der Waals surface area contributed by atoms with Gasteiger partial charge in [-0.3, -0.25) is 4.98 Å². The fraction of sp³-hybridized carbons (Fsp3) is 0.160. The van der Waals surface area contributed by atoms with Crippen LogP contribution in [0.4, 0.5) is 5.69 Å². The van der Waals surface area contributed by atoms with E-state index >= 15 is 0 Å². The molecule has 5 rings (SSSR count). The number of pyridine rings is 1. The van der Waals surface area contributed by atoms with Crippen molar-refractivity contribution in [1.29, 1.82) is 0 Å². The first-order valence-corrected chi connectivity index (χ1v) is 10.1. The summed E-state index contributed by atoms with van der Waals surface area (Å²) in [5.74, 6) is 0. The lowest BCUT2D eigenvalue weighted by atomic mass is 9.89. The van der Waals surface area contributed by atoms with Gasteiger partial charge < -0.3 is 4.90 Å². The molecule has 0 bridgehead atoms. The molecule has 1 aromatic heterocycles. The van der Waals surface area contributed by atoms with Crippen LogP contribution in [0.25, 0.3) is 10.9 Å². The molecule has 1 aliphatic rings. The van der Waals surface area contributed by atoms with E-state index in [-0.39, 0.29) is 6.04 Å². The molecule has 0 radical (unpaired) electrons. The van der Waals surface area contributed by atoms with Crippen LogP contribution < -0.4 is 4.90 Å². The Morgan fingerprint density at radius 2 is 1.71 bits per heavy atom. The molecule has 0 N–H and O–H groups in total. The maximum Gasteiger partial charge on any atom is 0.0706 e. The van der Waals surface area contributed by atoms with Crippen molar-refractivity contribution in [3.05, 3.63) is 107 Å². The van der Waals surface area contributed by atoms with Crippen molar-refractivity contribution < 1.29 is 0 Å². The van der Waals surface area contributed by atoms with Crippen LogP contribution in [-0.2, 0) is 12.8 Å². The maximum atomic E-state index is 6.12. The number of hydrogen-bond acceptors (Lipinski definition) is 2. The van der Waals surface area contributed by atoms with Gasteiger partial charge in [0, 0.05) is 34.8 Å². The lowest BCUT2D eigenvalue weighted by molar-refractivity contribution is 0.574. The lowest BCUT2D eigenvalue weighted by Gasteiger charge is -2.39. The summed E-state index contributed by atoms with van der Waals surface area (Å²) in [6.07, 6.45) is 1.95. The molecule has 1 unspecified atom stereocenters. The quantitative estimate of drug-likeness (QED) is 0.416. The van der Waals surface area contributed by atoms with Crippen LogP contribution in [0.2, 0.25) is 5.02 Å². The molecule has 0 saturated heterocycles. The second-order valence-electron chi connectivity index (χ2n) is 7.34. The van der Waals surface area contributed by atoms with Crippen molar-refractivity contribution in [2.75, 3.05) is 11.4 Å². The average molecular weight is 385 g/mol. The number of nitrogens with zero attached hydrogens (tertiary/aromatic N) is 2. The van der Waals surface area contributed by atoms with Gasteiger partial charge in [-0.2, -0.15) is 0 Å². The highest BCUT2D eigenvalue weighted by Crippen LogP contribution is 2.36. The number of rotatable bonds is 3. The molecule has 4 aromatic rings. The van der Waals surface area contributed by atoms with Crippen LogP contribution in [0.5, 0.6) is 0 Å². The van der Waals surface area contributed by atoms with Gasteiger partial charge in [0.05, 0.1) is 11.6 Å². The van der Waals surface area contributed by atoms with E-state index in [0.717, 1.165) is 41.0 Å². The van der Waals surface area contributed by atoms with E-state index in [0.29, 0.717) is 0 Å². The Balaban J connectivity index is 1.55. The Morgan fingerprint density at radius 3 is 2.61 bits per heavy atom. The molecule has 2 nitrogen and oxygen atoms in total. The number of hydrogen-bond donors (Lipinski definition) is 0. The minimum atomic E-state index is 0.282. The number of aromatic nitrogens is 1. The first-order chi connectivity index (χ1) is 13.8. The lowest BCUT2D eigenvalue weighted by Crippen LogP contribution is -2.36. The van der Waals surface area contributed by atoms with Gasteiger partial charge in [-0.15, -0.1) is 0 Å². The summed E-state index contributed by atoms with van der Waals surface area (Å²) in [5, 5.41) is 1.83. The normalized spacial score (nSPS) is 16.2. The van der Waals surface area contributed by atoms with E-state index in [4.69, 9.17) is 16.6 Å². The van der Waals surface area contributed by atoms with Gasteiger partial charge in [-0.1, -0.05) is 60.1 Å². The Bertz CT molecular complexity index is 1120. The molecule has 3 aromatic carbocycles. The van der Waals surface area contributed by atoms with Crippen LogP contribution >= 0.6 is 11.6 Å². The first-order valence-electron chi connectivity index (χ1n) is 9.73. The van der Waals surface area contributed by atoms with Crippen molar-refractivity contribution in [2.24, 2.45) is 0 Å². The minimum Gasteiger partial charge on any atom is -0.364 e. The highest BCUT2D eigenvalue weighted by molar-refractivity contribution is 6.31. The standard InChI is InChI=1S/C25H21ClN2/c26-20-11-13-24-19(16-20)10-12-21(27-24)17-25-23-9-5-4-6-18(23)14-15-28(25)22-7-2-1-3-8-22/h1-13,16,25H,14-15,17H2. The SMILES string of the molecule is Clc1ccc2nc(CC3c4ccccc4CCN3c3ccccc3)ccc2c1. The average Bonchev–Trinajstić information content (AvgIpc) is 2.75. The minimum absolute atomic E-state index is 0.282. The number of anilines is 1. The summed E-state index contributed by atoms with van der Waals surface area (Å²) in [4.78, 5) is 7.45. The van der Waals surface area contributed by atoms with Crippen LogP contribution in [0.3, 0.4) is 0 Å². The van der Waals surface area contributed by atoms with Gasteiger partial charge in [0.25, 0.3) is 0 Å². The third-order valence-corrected chi connectivity index (χ3v) is 5.85. The van der Waals surface area contributed by atoms with Crippen LogP contribution in [0.1, 0.15) is 22.9 Å². The zero-order valence-corrected chi connectivity index (χ0v) is 16.3. The topological polar surface area (TPSA) is 16.1 Å². The fourth-order valence-electron chi connectivity index (χ4n) is 4.25. The molecule has 0 saturated carbocycles. The summed E-state index contributed by atoms with van der Waals surface area (Å²) in [6, 6.07) is 30.0. The molecule has 28 heavy (non-hydrogen) atoms. The van der Waals surface area contributed by atoms with Gasteiger partial charge in [0.15, 0.2) is 0 Å². The van der Waals surface area contributed by atoms with Crippen molar-refractivity contribution in [2.45, 2.75) is 18.9 Å². The van der Waals surface area contributed by atoms with E-state index < -0.39 is 0 Å². The maximum absolute atomic E-state index is 6.12. The summed E-state index contributed by atoms with van der Waals surface area (Å²) in [7, 11) is 0. The zero-order chi connectivity index (χ0) is 18.9. The van der Waals surface area contributed by atoms with Crippen molar-refractivity contribution >= 4 is 28.2 Å². The van der Waals surface area contributed by atoms with E-state index in [9.17, 15) is 0 Å². The molecule has 0 fully saturated rings. The Kier molecular flexibility index (Phi) is 4.50. The second-order valence-corrected chi connectivity index (χ2v) is 7.77. The summed E-state index contributed by atoms with van der Waals surface area (Å²) >= 11 is 6.12. The number of halogens is 1. The largest absolute Gasteiger partial charge is 0.364 e. The molecule has 138 valence electrons. The van der Waals surface area contributed by atoms with E-state index in [1.165, 1.54) is 16.8 Å². The zero-order valence-electron chi connectivity index (χ0n) is 15.6. The van der Waals surface area contributed by atoms with Crippen molar-refractivity contribution in [1.82, 2.24) is 4.98 Å². The Morgan fingerprint density at radius 1 is 0.893 bits per heavy atom. The van der Waals surface area contributed by atoms with Gasteiger partial charge in [0.1, 0.15) is 0 Å². The van der Waals surface area contributed by atoms with Crippen LogP contribution in [-0.4, -0.2) is 11.5 Å². The van der Waals surface area contributed by atoms with Gasteiger partial charge >= 0.3 is 0 Å². The third-order valence-electron chi connectivity index (χ3n) is 5.61. The second kappa shape index (κ2) is 7.29.